The molecule has 1 fully saturated rings. The standard InChI is InChI=1S/C37H44N4O5S/c1-37(2,3)46-36(43)40-20-18-39(19-21-40)29-14-16-30(17-15-29)47(44,45)41-24-28-9-5-4-8-25(28)23-33(41)35(42)38-34-31-12-6-10-26(31)22-27-11-7-13-32(27)34/h4-5,8-9,14-17,22,33H,6-7,10-13,18-21,23-24H2,1-3H3,(H,38,42)/t33-/m0/s1. The number of carbonyl (C=O) groups excluding carboxylic acids is 2. The molecule has 9 nitrogen and oxygen atoms in total. The Labute approximate surface area is 277 Å². The van der Waals surface area contributed by atoms with Gasteiger partial charge in [0.15, 0.2) is 0 Å². The van der Waals surface area contributed by atoms with Crippen molar-refractivity contribution in [3.8, 4) is 0 Å². The number of hydrogen-bond donors (Lipinski definition) is 1. The third kappa shape index (κ3) is 6.25. The van der Waals surface area contributed by atoms with Crippen LogP contribution in [0.4, 0.5) is 16.2 Å². The van der Waals surface area contributed by atoms with Gasteiger partial charge in [-0.25, -0.2) is 13.2 Å². The molecule has 0 aromatic heterocycles. The quantitative estimate of drug-likeness (QED) is 0.391. The minimum atomic E-state index is -4.01. The highest BCUT2D eigenvalue weighted by Crippen LogP contribution is 2.39. The summed E-state index contributed by atoms with van der Waals surface area (Å²) in [6.07, 6.45) is 6.09. The number of nitrogens with one attached hydrogen (secondary N) is 1. The zero-order valence-corrected chi connectivity index (χ0v) is 28.4. The van der Waals surface area contributed by atoms with Crippen molar-refractivity contribution in [1.29, 1.82) is 0 Å². The molecule has 1 saturated heterocycles. The summed E-state index contributed by atoms with van der Waals surface area (Å²) in [4.78, 5) is 30.7. The molecule has 0 spiro atoms. The van der Waals surface area contributed by atoms with E-state index in [1.165, 1.54) is 26.6 Å². The van der Waals surface area contributed by atoms with E-state index in [9.17, 15) is 18.0 Å². The molecular weight excluding hydrogens is 612 g/mol. The van der Waals surface area contributed by atoms with Crippen molar-refractivity contribution < 1.29 is 22.7 Å². The maximum Gasteiger partial charge on any atom is 0.410 e. The van der Waals surface area contributed by atoms with Gasteiger partial charge in [0.25, 0.3) is 0 Å². The minimum Gasteiger partial charge on any atom is -0.444 e. The van der Waals surface area contributed by atoms with Gasteiger partial charge in [-0.15, -0.1) is 0 Å². The van der Waals surface area contributed by atoms with Crippen molar-refractivity contribution in [1.82, 2.24) is 9.21 Å². The van der Waals surface area contributed by atoms with Gasteiger partial charge in [-0.3, -0.25) is 4.79 Å². The second-order valence-electron chi connectivity index (χ2n) is 14.2. The summed E-state index contributed by atoms with van der Waals surface area (Å²) in [5, 5.41) is 3.28. The number of ether oxygens (including phenoxy) is 1. The van der Waals surface area contributed by atoms with E-state index in [0.717, 1.165) is 61.0 Å². The number of hydrogen-bond acceptors (Lipinski definition) is 6. The van der Waals surface area contributed by atoms with Gasteiger partial charge in [-0.05, 0) is 123 Å². The fourth-order valence-electron chi connectivity index (χ4n) is 7.59. The van der Waals surface area contributed by atoms with Crippen LogP contribution in [0.3, 0.4) is 0 Å². The molecule has 0 saturated carbocycles. The van der Waals surface area contributed by atoms with E-state index in [0.29, 0.717) is 32.6 Å². The summed E-state index contributed by atoms with van der Waals surface area (Å²) in [5.41, 5.74) is 8.30. The lowest BCUT2D eigenvalue weighted by atomic mass is 9.94. The fraction of sp³-hybridized carbons (Fsp3) is 0.459. The number of aryl methyl sites for hydroxylation is 2. The topological polar surface area (TPSA) is 99.3 Å². The molecular formula is C37H44N4O5S. The van der Waals surface area contributed by atoms with Gasteiger partial charge in [-0.2, -0.15) is 4.31 Å². The third-order valence-electron chi connectivity index (χ3n) is 9.97. The molecule has 2 heterocycles. The molecule has 0 bridgehead atoms. The highest BCUT2D eigenvalue weighted by atomic mass is 32.2. The molecule has 1 atom stereocenters. The van der Waals surface area contributed by atoms with Gasteiger partial charge in [-0.1, -0.05) is 30.3 Å². The van der Waals surface area contributed by atoms with Gasteiger partial charge in [0.2, 0.25) is 15.9 Å². The molecule has 0 unspecified atom stereocenters. The highest BCUT2D eigenvalue weighted by Gasteiger charge is 2.40. The van der Waals surface area contributed by atoms with Crippen LogP contribution in [0.25, 0.3) is 0 Å². The number of anilines is 2. The molecule has 3 aromatic carbocycles. The number of sulfonamides is 1. The van der Waals surface area contributed by atoms with Crippen molar-refractivity contribution in [2.24, 2.45) is 0 Å². The molecule has 2 aliphatic heterocycles. The van der Waals surface area contributed by atoms with Crippen LogP contribution in [0, 0.1) is 0 Å². The Balaban J connectivity index is 1.12. The first kappa shape index (κ1) is 31.7. The monoisotopic (exact) mass is 656 g/mol. The second-order valence-corrected chi connectivity index (χ2v) is 16.1. The van der Waals surface area contributed by atoms with E-state index in [1.54, 1.807) is 17.0 Å². The molecule has 2 amide bonds. The fourth-order valence-corrected chi connectivity index (χ4v) is 9.15. The first-order valence-corrected chi connectivity index (χ1v) is 18.3. The zero-order valence-electron chi connectivity index (χ0n) is 27.5. The molecule has 47 heavy (non-hydrogen) atoms. The van der Waals surface area contributed by atoms with Crippen molar-refractivity contribution in [2.75, 3.05) is 36.4 Å². The maximum absolute atomic E-state index is 14.3. The number of piperazine rings is 1. The Morgan fingerprint density at radius 2 is 1.43 bits per heavy atom. The Morgan fingerprint density at radius 1 is 0.809 bits per heavy atom. The van der Waals surface area contributed by atoms with Gasteiger partial charge >= 0.3 is 6.09 Å². The number of fused-ring (bicyclic) bond motifs is 3. The molecule has 7 rings (SSSR count). The maximum atomic E-state index is 14.3. The van der Waals surface area contributed by atoms with Crippen LogP contribution >= 0.6 is 0 Å². The third-order valence-corrected chi connectivity index (χ3v) is 11.8. The average molecular weight is 657 g/mol. The number of rotatable bonds is 5. The van der Waals surface area contributed by atoms with Crippen LogP contribution in [0.1, 0.15) is 67.0 Å². The van der Waals surface area contributed by atoms with Gasteiger partial charge in [0, 0.05) is 44.1 Å². The lowest BCUT2D eigenvalue weighted by Gasteiger charge is -2.37. The van der Waals surface area contributed by atoms with Crippen molar-refractivity contribution in [2.45, 2.75) is 88.8 Å². The highest BCUT2D eigenvalue weighted by molar-refractivity contribution is 7.89. The first-order chi connectivity index (χ1) is 22.5. The SMILES string of the molecule is CC(C)(C)OC(=O)N1CCN(c2ccc(S(=O)(=O)N3Cc4ccccc4C[C@H]3C(=O)Nc3c4c(cc5c3CCC5)CCC4)cc2)CC1. The Morgan fingerprint density at radius 3 is 2.04 bits per heavy atom. The van der Waals surface area contributed by atoms with Gasteiger partial charge in [0.1, 0.15) is 11.6 Å². The predicted octanol–water partition coefficient (Wildman–Crippen LogP) is 5.48. The van der Waals surface area contributed by atoms with Crippen LogP contribution in [-0.2, 0) is 58.2 Å². The van der Waals surface area contributed by atoms with E-state index < -0.39 is 21.7 Å². The summed E-state index contributed by atoms with van der Waals surface area (Å²) in [6, 6.07) is 16.2. The van der Waals surface area contributed by atoms with E-state index >= 15 is 0 Å². The van der Waals surface area contributed by atoms with Crippen molar-refractivity contribution in [3.63, 3.8) is 0 Å². The van der Waals surface area contributed by atoms with Gasteiger partial charge < -0.3 is 19.9 Å². The van der Waals surface area contributed by atoms with Crippen LogP contribution in [0.15, 0.2) is 59.5 Å². The summed E-state index contributed by atoms with van der Waals surface area (Å²) < 4.78 is 35.6. The number of amides is 2. The lowest BCUT2D eigenvalue weighted by Crippen LogP contribution is -2.50. The van der Waals surface area contributed by atoms with Crippen molar-refractivity contribution in [3.05, 3.63) is 88.0 Å². The predicted molar refractivity (Wildman–Crippen MR) is 182 cm³/mol. The minimum absolute atomic E-state index is 0.135. The summed E-state index contributed by atoms with van der Waals surface area (Å²) in [6.45, 7) is 7.97. The van der Waals surface area contributed by atoms with Crippen LogP contribution in [0.5, 0.6) is 0 Å². The molecule has 3 aromatic rings. The normalized spacial score (nSPS) is 19.6. The molecule has 248 valence electrons. The van der Waals surface area contributed by atoms with Crippen LogP contribution in [-0.4, -0.2) is 67.4 Å². The molecule has 1 N–H and O–H groups in total. The zero-order chi connectivity index (χ0) is 32.9. The van der Waals surface area contributed by atoms with Crippen LogP contribution < -0.4 is 10.2 Å². The number of carbonyl (C=O) groups is 2. The number of nitrogens with zero attached hydrogens (tertiary/aromatic N) is 3. The molecule has 0 radical (unpaired) electrons. The van der Waals surface area contributed by atoms with E-state index in [4.69, 9.17) is 4.74 Å². The lowest BCUT2D eigenvalue weighted by molar-refractivity contribution is -0.120. The summed E-state index contributed by atoms with van der Waals surface area (Å²) >= 11 is 0. The number of benzene rings is 3. The Kier molecular flexibility index (Phi) is 8.29. The molecule has 10 heteroatoms. The first-order valence-electron chi connectivity index (χ1n) is 16.9. The van der Waals surface area contributed by atoms with E-state index in [1.807, 2.05) is 57.2 Å². The van der Waals surface area contributed by atoms with E-state index in [-0.39, 0.29) is 23.4 Å². The Bertz CT molecular complexity index is 1780. The summed E-state index contributed by atoms with van der Waals surface area (Å²) in [5.74, 6) is -0.267. The second kappa shape index (κ2) is 12.3. The average Bonchev–Trinajstić information content (AvgIpc) is 3.73. The molecule has 2 aliphatic carbocycles. The summed E-state index contributed by atoms with van der Waals surface area (Å²) in [7, 11) is -4.01. The molecule has 4 aliphatic rings. The largest absolute Gasteiger partial charge is 0.444 e. The Hall–Kier alpha value is -3.89. The smallest absolute Gasteiger partial charge is 0.410 e. The van der Waals surface area contributed by atoms with Crippen LogP contribution in [0.2, 0.25) is 0 Å². The van der Waals surface area contributed by atoms with Crippen molar-refractivity contribution >= 4 is 33.4 Å². The van der Waals surface area contributed by atoms with E-state index in [2.05, 4.69) is 16.3 Å². The van der Waals surface area contributed by atoms with Gasteiger partial charge in [0.05, 0.1) is 4.90 Å².